The molecule has 1 saturated carbocycles. The maximum absolute atomic E-state index is 9.73. The summed E-state index contributed by atoms with van der Waals surface area (Å²) < 4.78 is 0. The highest BCUT2D eigenvalue weighted by Crippen LogP contribution is 2.18. The molecule has 5 atom stereocenters. The summed E-state index contributed by atoms with van der Waals surface area (Å²) in [6.45, 7) is 5.63. The van der Waals surface area contributed by atoms with E-state index >= 15 is 0 Å². The van der Waals surface area contributed by atoms with Crippen LogP contribution in [0.25, 0.3) is 0 Å². The summed E-state index contributed by atoms with van der Waals surface area (Å²) in [6.07, 6.45) is -8.14. The Kier molecular flexibility index (Phi) is 5.41. The van der Waals surface area contributed by atoms with Gasteiger partial charge in [0.25, 0.3) is 0 Å². The number of rotatable bonds is 1. The van der Waals surface area contributed by atoms with Gasteiger partial charge in [0.05, 0.1) is 0 Å². The monoisotopic (exact) mass is 307 g/mol. The molecule has 1 aliphatic rings. The van der Waals surface area contributed by atoms with Crippen molar-refractivity contribution in [3.63, 3.8) is 0 Å². The van der Waals surface area contributed by atoms with Crippen LogP contribution in [0.3, 0.4) is 0 Å². The van der Waals surface area contributed by atoms with E-state index in [4.69, 9.17) is 12.2 Å². The Morgan fingerprint density at radius 3 is 1.85 bits per heavy atom. The molecule has 0 saturated heterocycles. The lowest BCUT2D eigenvalue weighted by Crippen LogP contribution is -2.62. The summed E-state index contributed by atoms with van der Waals surface area (Å²) in [5.74, 6) is 0. The van der Waals surface area contributed by atoms with Crippen molar-refractivity contribution in [3.8, 4) is 0 Å². The van der Waals surface area contributed by atoms with Crippen molar-refractivity contribution < 1.29 is 25.5 Å². The minimum absolute atomic E-state index is 0.152. The SMILES string of the molecule is CC(C)(C)NC(=S)NN=C1[C@@H](O)[C@@H](O)C(O)[C@H](O)[C@H]1O. The van der Waals surface area contributed by atoms with E-state index in [1.165, 1.54) is 0 Å². The van der Waals surface area contributed by atoms with Gasteiger partial charge in [-0.2, -0.15) is 5.10 Å². The molecule has 0 aromatic heterocycles. The summed E-state index contributed by atoms with van der Waals surface area (Å²) in [6, 6.07) is 0. The quantitative estimate of drug-likeness (QED) is 0.207. The van der Waals surface area contributed by atoms with Crippen molar-refractivity contribution in [2.45, 2.75) is 56.8 Å². The predicted molar refractivity (Wildman–Crippen MR) is 76.1 cm³/mol. The zero-order chi connectivity index (χ0) is 15.7. The molecular formula is C11H21N3O5S. The van der Waals surface area contributed by atoms with Crippen LogP contribution >= 0.6 is 12.2 Å². The third-order valence-electron chi connectivity index (χ3n) is 2.73. The molecule has 0 aromatic rings. The number of nitrogens with zero attached hydrogens (tertiary/aromatic N) is 1. The van der Waals surface area contributed by atoms with E-state index in [0.29, 0.717) is 0 Å². The third kappa shape index (κ3) is 4.08. The van der Waals surface area contributed by atoms with E-state index in [-0.39, 0.29) is 16.4 Å². The lowest BCUT2D eigenvalue weighted by molar-refractivity contribution is -0.130. The zero-order valence-corrected chi connectivity index (χ0v) is 12.3. The van der Waals surface area contributed by atoms with Gasteiger partial charge in [-0.1, -0.05) is 0 Å². The van der Waals surface area contributed by atoms with Crippen molar-refractivity contribution in [1.29, 1.82) is 0 Å². The van der Waals surface area contributed by atoms with E-state index in [1.807, 2.05) is 20.8 Å². The van der Waals surface area contributed by atoms with Gasteiger partial charge < -0.3 is 30.8 Å². The highest BCUT2D eigenvalue weighted by atomic mass is 32.1. The summed E-state index contributed by atoms with van der Waals surface area (Å²) >= 11 is 4.96. The first-order valence-electron chi connectivity index (χ1n) is 6.10. The maximum atomic E-state index is 9.73. The molecule has 1 fully saturated rings. The van der Waals surface area contributed by atoms with Crippen LogP contribution in [0.5, 0.6) is 0 Å². The molecule has 9 heteroatoms. The molecule has 116 valence electrons. The van der Waals surface area contributed by atoms with Gasteiger partial charge in [-0.3, -0.25) is 5.43 Å². The second kappa shape index (κ2) is 6.29. The fourth-order valence-corrected chi connectivity index (χ4v) is 2.07. The highest BCUT2D eigenvalue weighted by molar-refractivity contribution is 7.80. The number of aliphatic hydroxyl groups is 5. The zero-order valence-electron chi connectivity index (χ0n) is 11.5. The summed E-state index contributed by atoms with van der Waals surface area (Å²) in [4.78, 5) is 0. The van der Waals surface area contributed by atoms with Gasteiger partial charge >= 0.3 is 0 Å². The van der Waals surface area contributed by atoms with E-state index < -0.39 is 30.5 Å². The Bertz CT molecular complexity index is 380. The van der Waals surface area contributed by atoms with Crippen molar-refractivity contribution >= 4 is 23.0 Å². The van der Waals surface area contributed by atoms with Gasteiger partial charge in [0.2, 0.25) is 0 Å². The van der Waals surface area contributed by atoms with Crippen molar-refractivity contribution in [2.75, 3.05) is 0 Å². The molecule has 0 amide bonds. The molecule has 0 bridgehead atoms. The minimum atomic E-state index is -1.65. The average molecular weight is 307 g/mol. The van der Waals surface area contributed by atoms with Crippen molar-refractivity contribution in [1.82, 2.24) is 10.7 Å². The van der Waals surface area contributed by atoms with Gasteiger partial charge in [0, 0.05) is 5.54 Å². The highest BCUT2D eigenvalue weighted by Gasteiger charge is 2.46. The first-order valence-corrected chi connectivity index (χ1v) is 6.51. The Hall–Kier alpha value is -0.840. The number of hydrogen-bond donors (Lipinski definition) is 7. The molecular weight excluding hydrogens is 286 g/mol. The molecule has 1 unspecified atom stereocenters. The topological polar surface area (TPSA) is 138 Å². The number of aliphatic hydroxyl groups excluding tert-OH is 5. The fourth-order valence-electron chi connectivity index (χ4n) is 1.72. The summed E-state index contributed by atoms with van der Waals surface area (Å²) in [5.41, 5.74) is 1.81. The summed E-state index contributed by atoms with van der Waals surface area (Å²) in [5, 5.41) is 54.7. The van der Waals surface area contributed by atoms with Crippen LogP contribution in [0.15, 0.2) is 5.10 Å². The van der Waals surface area contributed by atoms with Crippen LogP contribution in [-0.4, -0.2) is 72.4 Å². The fraction of sp³-hybridized carbons (Fsp3) is 0.818. The number of thiocarbonyl (C=S) groups is 1. The first kappa shape index (κ1) is 17.2. The van der Waals surface area contributed by atoms with Crippen LogP contribution in [-0.2, 0) is 0 Å². The molecule has 0 aromatic carbocycles. The number of hydrogen-bond acceptors (Lipinski definition) is 7. The molecule has 1 rings (SSSR count). The van der Waals surface area contributed by atoms with Crippen LogP contribution in [0.1, 0.15) is 20.8 Å². The molecule has 0 radical (unpaired) electrons. The van der Waals surface area contributed by atoms with E-state index in [0.717, 1.165) is 0 Å². The van der Waals surface area contributed by atoms with E-state index in [2.05, 4.69) is 15.8 Å². The van der Waals surface area contributed by atoms with Crippen molar-refractivity contribution in [3.05, 3.63) is 0 Å². The minimum Gasteiger partial charge on any atom is -0.387 e. The van der Waals surface area contributed by atoms with Gasteiger partial charge in [-0.15, -0.1) is 0 Å². The molecule has 1 aliphatic carbocycles. The average Bonchev–Trinajstić information content (AvgIpc) is 2.32. The Morgan fingerprint density at radius 1 is 1.00 bits per heavy atom. The molecule has 0 heterocycles. The molecule has 0 aliphatic heterocycles. The third-order valence-corrected chi connectivity index (χ3v) is 2.92. The largest absolute Gasteiger partial charge is 0.387 e. The molecule has 7 N–H and O–H groups in total. The summed E-state index contributed by atoms with van der Waals surface area (Å²) in [7, 11) is 0. The second-order valence-corrected chi connectivity index (χ2v) is 6.12. The van der Waals surface area contributed by atoms with E-state index in [1.54, 1.807) is 0 Å². The van der Waals surface area contributed by atoms with Crippen LogP contribution in [0, 0.1) is 0 Å². The standard InChI is InChI=1S/C11H21N3O5S/c1-11(2,3)12-10(20)14-13-4-5(15)7(17)9(19)8(18)6(4)16/h5-9,15-19H,1-3H3,(H2,12,14,20)/t5-,6+,7-,8-,9?/m1/s1. The van der Waals surface area contributed by atoms with Gasteiger partial charge in [0.1, 0.15) is 36.2 Å². The van der Waals surface area contributed by atoms with Gasteiger partial charge in [0.15, 0.2) is 5.11 Å². The number of nitrogens with one attached hydrogen (secondary N) is 2. The van der Waals surface area contributed by atoms with E-state index in [9.17, 15) is 25.5 Å². The van der Waals surface area contributed by atoms with Crippen LogP contribution < -0.4 is 10.7 Å². The second-order valence-electron chi connectivity index (χ2n) is 5.71. The first-order chi connectivity index (χ1) is 9.04. The lowest BCUT2D eigenvalue weighted by Gasteiger charge is -2.36. The van der Waals surface area contributed by atoms with Gasteiger partial charge in [-0.25, -0.2) is 0 Å². The Labute approximate surface area is 122 Å². The maximum Gasteiger partial charge on any atom is 0.187 e. The van der Waals surface area contributed by atoms with Crippen LogP contribution in [0.2, 0.25) is 0 Å². The molecule has 0 spiro atoms. The van der Waals surface area contributed by atoms with Crippen LogP contribution in [0.4, 0.5) is 0 Å². The lowest BCUT2D eigenvalue weighted by atomic mass is 9.86. The molecule has 8 nitrogen and oxygen atoms in total. The van der Waals surface area contributed by atoms with Crippen molar-refractivity contribution in [2.24, 2.45) is 5.10 Å². The molecule has 20 heavy (non-hydrogen) atoms. The van der Waals surface area contributed by atoms with Gasteiger partial charge in [-0.05, 0) is 33.0 Å². The predicted octanol–water partition coefficient (Wildman–Crippen LogP) is -2.58. The Morgan fingerprint density at radius 2 is 1.45 bits per heavy atom. The number of hydrazone groups is 1. The normalized spacial score (nSPS) is 36.8. The Balaban J connectivity index is 2.78. The smallest absolute Gasteiger partial charge is 0.187 e.